The third kappa shape index (κ3) is 2.90. The van der Waals surface area contributed by atoms with E-state index in [-0.39, 0.29) is 11.9 Å². The molecule has 1 amide bonds. The molecule has 1 unspecified atom stereocenters. The molecule has 0 radical (unpaired) electrons. The highest BCUT2D eigenvalue weighted by atomic mass is 16.2. The van der Waals surface area contributed by atoms with Gasteiger partial charge in [0.25, 0.3) is 0 Å². The van der Waals surface area contributed by atoms with E-state index in [0.717, 1.165) is 29.8 Å². The Hall–Kier alpha value is -2.13. The Bertz CT molecular complexity index is 698. The van der Waals surface area contributed by atoms with E-state index in [1.165, 1.54) is 16.7 Å². The average Bonchev–Trinajstić information content (AvgIpc) is 2.50. The largest absolute Gasteiger partial charge is 0.324 e. The van der Waals surface area contributed by atoms with Crippen molar-refractivity contribution in [1.29, 1.82) is 0 Å². The molecule has 2 N–H and O–H groups in total. The first-order valence-electron chi connectivity index (χ1n) is 7.73. The Balaban J connectivity index is 1.77. The third-order valence-corrected chi connectivity index (χ3v) is 4.32. The van der Waals surface area contributed by atoms with Crippen molar-refractivity contribution in [3.8, 4) is 0 Å². The van der Waals surface area contributed by atoms with E-state index in [0.29, 0.717) is 0 Å². The SMILES string of the molecule is Cc1cc(C)c(NC(=O)C2Cc3ccccc3CN2)c(C)c1. The van der Waals surface area contributed by atoms with E-state index in [9.17, 15) is 4.79 Å². The van der Waals surface area contributed by atoms with E-state index in [1.54, 1.807) is 0 Å². The van der Waals surface area contributed by atoms with Crippen LogP contribution >= 0.6 is 0 Å². The summed E-state index contributed by atoms with van der Waals surface area (Å²) >= 11 is 0. The van der Waals surface area contributed by atoms with E-state index in [1.807, 2.05) is 26.0 Å². The molecule has 3 heteroatoms. The van der Waals surface area contributed by atoms with Gasteiger partial charge in [-0.25, -0.2) is 0 Å². The second-order valence-corrected chi connectivity index (χ2v) is 6.17. The smallest absolute Gasteiger partial charge is 0.241 e. The molecular formula is C19H22N2O. The number of carbonyl (C=O) groups is 1. The van der Waals surface area contributed by atoms with Gasteiger partial charge in [-0.15, -0.1) is 0 Å². The van der Waals surface area contributed by atoms with Crippen molar-refractivity contribution in [3.05, 3.63) is 64.2 Å². The molecule has 114 valence electrons. The number of aryl methyl sites for hydroxylation is 3. The summed E-state index contributed by atoms with van der Waals surface area (Å²) in [6.45, 7) is 6.91. The zero-order chi connectivity index (χ0) is 15.7. The van der Waals surface area contributed by atoms with Crippen LogP contribution in [0.25, 0.3) is 0 Å². The minimum absolute atomic E-state index is 0.0459. The lowest BCUT2D eigenvalue weighted by Gasteiger charge is -2.26. The number of rotatable bonds is 2. The number of fused-ring (bicyclic) bond motifs is 1. The molecule has 0 saturated carbocycles. The molecule has 3 nitrogen and oxygen atoms in total. The number of hydrogen-bond acceptors (Lipinski definition) is 2. The first kappa shape index (κ1) is 14.8. The van der Waals surface area contributed by atoms with Crippen molar-refractivity contribution < 1.29 is 4.79 Å². The standard InChI is InChI=1S/C19H22N2O/c1-12-8-13(2)18(14(3)9-12)21-19(22)17-10-15-6-4-5-7-16(15)11-20-17/h4-9,17,20H,10-11H2,1-3H3,(H,21,22). The second-order valence-electron chi connectivity index (χ2n) is 6.17. The predicted octanol–water partition coefficient (Wildman–Crippen LogP) is 3.26. The molecule has 0 bridgehead atoms. The second kappa shape index (κ2) is 5.93. The molecule has 1 heterocycles. The molecule has 0 saturated heterocycles. The van der Waals surface area contributed by atoms with Gasteiger partial charge in [0.15, 0.2) is 0 Å². The zero-order valence-electron chi connectivity index (χ0n) is 13.4. The minimum Gasteiger partial charge on any atom is -0.324 e. The monoisotopic (exact) mass is 294 g/mol. The van der Waals surface area contributed by atoms with E-state index < -0.39 is 0 Å². The van der Waals surface area contributed by atoms with E-state index in [4.69, 9.17) is 0 Å². The van der Waals surface area contributed by atoms with E-state index >= 15 is 0 Å². The van der Waals surface area contributed by atoms with Crippen LogP contribution in [0.5, 0.6) is 0 Å². The van der Waals surface area contributed by atoms with Crippen molar-refractivity contribution in [2.45, 2.75) is 39.8 Å². The average molecular weight is 294 g/mol. The molecule has 0 aliphatic carbocycles. The van der Waals surface area contributed by atoms with Crippen LogP contribution in [0.2, 0.25) is 0 Å². The molecule has 0 fully saturated rings. The number of nitrogens with one attached hydrogen (secondary N) is 2. The molecule has 1 aliphatic rings. The molecule has 2 aromatic carbocycles. The summed E-state index contributed by atoms with van der Waals surface area (Å²) in [6, 6.07) is 12.3. The first-order chi connectivity index (χ1) is 10.5. The number of carbonyl (C=O) groups excluding carboxylic acids is 1. The highest BCUT2D eigenvalue weighted by Crippen LogP contribution is 2.23. The van der Waals surface area contributed by atoms with Gasteiger partial charge in [-0.1, -0.05) is 42.0 Å². The van der Waals surface area contributed by atoms with Gasteiger partial charge in [0.1, 0.15) is 0 Å². The van der Waals surface area contributed by atoms with Crippen molar-refractivity contribution in [1.82, 2.24) is 5.32 Å². The van der Waals surface area contributed by atoms with Crippen LogP contribution in [-0.2, 0) is 17.8 Å². The van der Waals surface area contributed by atoms with Crippen LogP contribution in [0, 0.1) is 20.8 Å². The molecule has 3 rings (SSSR count). The molecule has 22 heavy (non-hydrogen) atoms. The van der Waals surface area contributed by atoms with Gasteiger partial charge in [-0.3, -0.25) is 4.79 Å². The van der Waals surface area contributed by atoms with Gasteiger partial charge in [-0.2, -0.15) is 0 Å². The molecule has 0 spiro atoms. The fourth-order valence-electron chi connectivity index (χ4n) is 3.23. The normalized spacial score (nSPS) is 17.0. The van der Waals surface area contributed by atoms with Gasteiger partial charge >= 0.3 is 0 Å². The third-order valence-electron chi connectivity index (χ3n) is 4.32. The Morgan fingerprint density at radius 2 is 1.73 bits per heavy atom. The minimum atomic E-state index is -0.171. The van der Waals surface area contributed by atoms with Gasteiger partial charge in [-0.05, 0) is 49.4 Å². The number of amides is 1. The summed E-state index contributed by atoms with van der Waals surface area (Å²) in [5.74, 6) is 0.0459. The van der Waals surface area contributed by atoms with Gasteiger partial charge in [0, 0.05) is 12.2 Å². The Morgan fingerprint density at radius 1 is 1.09 bits per heavy atom. The lowest BCUT2D eigenvalue weighted by molar-refractivity contribution is -0.118. The summed E-state index contributed by atoms with van der Waals surface area (Å²) in [5, 5.41) is 6.44. The number of anilines is 1. The Labute approximate surface area is 131 Å². The van der Waals surface area contributed by atoms with Crippen molar-refractivity contribution >= 4 is 11.6 Å². The van der Waals surface area contributed by atoms with Crippen molar-refractivity contribution in [2.24, 2.45) is 0 Å². The quantitative estimate of drug-likeness (QED) is 0.892. The van der Waals surface area contributed by atoms with Crippen LogP contribution in [0.1, 0.15) is 27.8 Å². The summed E-state index contributed by atoms with van der Waals surface area (Å²) in [7, 11) is 0. The Morgan fingerprint density at radius 3 is 2.41 bits per heavy atom. The predicted molar refractivity (Wildman–Crippen MR) is 90.1 cm³/mol. The van der Waals surface area contributed by atoms with Gasteiger partial charge in [0.05, 0.1) is 6.04 Å². The van der Waals surface area contributed by atoms with Crippen molar-refractivity contribution in [2.75, 3.05) is 5.32 Å². The maximum atomic E-state index is 12.6. The highest BCUT2D eigenvalue weighted by molar-refractivity contribution is 5.96. The lowest BCUT2D eigenvalue weighted by Crippen LogP contribution is -2.44. The molecule has 2 aromatic rings. The molecular weight excluding hydrogens is 272 g/mol. The summed E-state index contributed by atoms with van der Waals surface area (Å²) < 4.78 is 0. The molecule has 1 aliphatic heterocycles. The fraction of sp³-hybridized carbons (Fsp3) is 0.316. The molecule has 1 atom stereocenters. The highest BCUT2D eigenvalue weighted by Gasteiger charge is 2.24. The van der Waals surface area contributed by atoms with Crippen LogP contribution in [0.3, 0.4) is 0 Å². The van der Waals surface area contributed by atoms with Crippen LogP contribution in [-0.4, -0.2) is 11.9 Å². The van der Waals surface area contributed by atoms with Crippen molar-refractivity contribution in [3.63, 3.8) is 0 Å². The number of hydrogen-bond donors (Lipinski definition) is 2. The topological polar surface area (TPSA) is 41.1 Å². The van der Waals surface area contributed by atoms with E-state index in [2.05, 4.69) is 41.8 Å². The molecule has 0 aromatic heterocycles. The maximum Gasteiger partial charge on any atom is 0.241 e. The Kier molecular flexibility index (Phi) is 3.99. The lowest BCUT2D eigenvalue weighted by atomic mass is 9.95. The van der Waals surface area contributed by atoms with Crippen LogP contribution in [0.15, 0.2) is 36.4 Å². The summed E-state index contributed by atoms with van der Waals surface area (Å²) in [5.41, 5.74) is 6.94. The van der Waals surface area contributed by atoms with Crippen LogP contribution in [0.4, 0.5) is 5.69 Å². The summed E-state index contributed by atoms with van der Waals surface area (Å²) in [6.07, 6.45) is 0.742. The zero-order valence-corrected chi connectivity index (χ0v) is 13.4. The fourth-order valence-corrected chi connectivity index (χ4v) is 3.23. The van der Waals surface area contributed by atoms with Crippen LogP contribution < -0.4 is 10.6 Å². The summed E-state index contributed by atoms with van der Waals surface area (Å²) in [4.78, 5) is 12.6. The van der Waals surface area contributed by atoms with Gasteiger partial charge < -0.3 is 10.6 Å². The first-order valence-corrected chi connectivity index (χ1v) is 7.73. The maximum absolute atomic E-state index is 12.6. The van der Waals surface area contributed by atoms with Gasteiger partial charge in [0.2, 0.25) is 5.91 Å². The number of benzene rings is 2.